The maximum absolute atomic E-state index is 12.0. The fourth-order valence-corrected chi connectivity index (χ4v) is 7.14. The van der Waals surface area contributed by atoms with Crippen LogP contribution in [0, 0.1) is 59.2 Å². The van der Waals surface area contributed by atoms with Crippen molar-refractivity contribution < 1.29 is 14.6 Å². The van der Waals surface area contributed by atoms with E-state index in [1.165, 1.54) is 5.57 Å². The van der Waals surface area contributed by atoms with Gasteiger partial charge in [-0.15, -0.1) is 18.3 Å². The van der Waals surface area contributed by atoms with E-state index < -0.39 is 5.60 Å². The number of ketones is 1. The van der Waals surface area contributed by atoms with E-state index in [0.29, 0.717) is 30.1 Å². The molecule has 1 heterocycles. The first kappa shape index (κ1) is 16.6. The molecule has 3 saturated carbocycles. The summed E-state index contributed by atoms with van der Waals surface area (Å²) >= 11 is 0. The molecule has 4 aliphatic carbocycles. The SMILES string of the molecule is C#C[C@H]1C[C@@]2(C)[C@@H](CC[C@@]2(O)C#CC)[C@@H]2[C@@H]3O[C@@H]3C3=CC(=O)CC[C@@H]3[C@H]21. The van der Waals surface area contributed by atoms with Gasteiger partial charge in [0.25, 0.3) is 0 Å². The molecule has 3 heteroatoms. The smallest absolute Gasteiger partial charge is 0.155 e. The largest absolute Gasteiger partial charge is 0.377 e. The standard InChI is InChI=1S/C23H26O3/c1-4-9-23(25)10-8-17-19-18(13(5-2)12-22(17,23)3)15-7-6-14(24)11-16(15)20-21(19)26-20/h2,11,13,15,17-21,25H,6-8,10,12H2,1,3H3/t13-,15-,17-,18+,19-,20+,21-,22-,23-/m0/s1. The zero-order valence-electron chi connectivity index (χ0n) is 15.5. The summed E-state index contributed by atoms with van der Waals surface area (Å²) in [7, 11) is 0. The molecule has 1 saturated heterocycles. The molecular formula is C23H26O3. The van der Waals surface area contributed by atoms with E-state index in [-0.39, 0.29) is 29.3 Å². The first-order valence-electron chi connectivity index (χ1n) is 9.96. The first-order valence-corrected chi connectivity index (χ1v) is 9.96. The van der Waals surface area contributed by atoms with Crippen LogP contribution in [0.15, 0.2) is 11.6 Å². The maximum atomic E-state index is 12.0. The number of hydrogen-bond acceptors (Lipinski definition) is 3. The molecule has 0 unspecified atom stereocenters. The van der Waals surface area contributed by atoms with Gasteiger partial charge >= 0.3 is 0 Å². The zero-order valence-corrected chi connectivity index (χ0v) is 15.5. The summed E-state index contributed by atoms with van der Waals surface area (Å²) in [6.07, 6.45) is 12.2. The second-order valence-electron chi connectivity index (χ2n) is 9.21. The molecule has 26 heavy (non-hydrogen) atoms. The first-order chi connectivity index (χ1) is 12.4. The lowest BCUT2D eigenvalue weighted by molar-refractivity contribution is -0.117. The van der Waals surface area contributed by atoms with Gasteiger partial charge < -0.3 is 9.84 Å². The van der Waals surface area contributed by atoms with Gasteiger partial charge in [-0.2, -0.15) is 0 Å². The summed E-state index contributed by atoms with van der Waals surface area (Å²) in [6.45, 7) is 4.00. The molecule has 1 N–H and O–H groups in total. The van der Waals surface area contributed by atoms with Crippen molar-refractivity contribution >= 4 is 5.78 Å². The molecule has 0 radical (unpaired) electrons. The molecule has 0 aromatic rings. The predicted octanol–water partition coefficient (Wildman–Crippen LogP) is 2.73. The molecule has 0 spiro atoms. The molecule has 5 aliphatic rings. The molecule has 3 nitrogen and oxygen atoms in total. The summed E-state index contributed by atoms with van der Waals surface area (Å²) in [5, 5.41) is 11.4. The average Bonchev–Trinajstić information content (AvgIpc) is 3.36. The van der Waals surface area contributed by atoms with Crippen LogP contribution in [0.2, 0.25) is 0 Å². The maximum Gasteiger partial charge on any atom is 0.155 e. The lowest BCUT2D eigenvalue weighted by Crippen LogP contribution is -2.57. The Morgan fingerprint density at radius 1 is 1.35 bits per heavy atom. The van der Waals surface area contributed by atoms with Gasteiger partial charge in [-0.05, 0) is 67.9 Å². The van der Waals surface area contributed by atoms with E-state index in [1.54, 1.807) is 6.92 Å². The van der Waals surface area contributed by atoms with Gasteiger partial charge in [0.05, 0.1) is 6.10 Å². The lowest BCUT2D eigenvalue weighted by Gasteiger charge is -2.55. The molecule has 136 valence electrons. The highest BCUT2D eigenvalue weighted by Crippen LogP contribution is 2.69. The van der Waals surface area contributed by atoms with Crippen LogP contribution >= 0.6 is 0 Å². The molecule has 0 aromatic heterocycles. The second kappa shape index (κ2) is 5.25. The minimum Gasteiger partial charge on any atom is -0.377 e. The molecule has 0 bridgehead atoms. The Balaban J connectivity index is 1.60. The Labute approximate surface area is 155 Å². The van der Waals surface area contributed by atoms with Crippen LogP contribution in [0.3, 0.4) is 0 Å². The van der Waals surface area contributed by atoms with Crippen LogP contribution in [-0.4, -0.2) is 28.7 Å². The average molecular weight is 350 g/mol. The monoisotopic (exact) mass is 350 g/mol. The van der Waals surface area contributed by atoms with Crippen LogP contribution in [0.5, 0.6) is 0 Å². The molecule has 0 amide bonds. The van der Waals surface area contributed by atoms with Crippen LogP contribution in [0.4, 0.5) is 0 Å². The fourth-order valence-electron chi connectivity index (χ4n) is 7.14. The van der Waals surface area contributed by atoms with Crippen molar-refractivity contribution in [3.05, 3.63) is 11.6 Å². The Bertz CT molecular complexity index is 808. The van der Waals surface area contributed by atoms with Gasteiger partial charge in [0.2, 0.25) is 0 Å². The number of aliphatic hydroxyl groups is 1. The van der Waals surface area contributed by atoms with E-state index in [0.717, 1.165) is 25.7 Å². The third-order valence-electron chi connectivity index (χ3n) is 8.30. The van der Waals surface area contributed by atoms with Crippen molar-refractivity contribution in [2.45, 2.75) is 63.8 Å². The van der Waals surface area contributed by atoms with Crippen molar-refractivity contribution in [1.29, 1.82) is 0 Å². The normalized spacial score (nSPS) is 53.7. The van der Waals surface area contributed by atoms with E-state index in [9.17, 15) is 9.90 Å². The number of ether oxygens (including phenoxy) is 1. The molecule has 9 atom stereocenters. The Kier molecular flexibility index (Phi) is 3.35. The van der Waals surface area contributed by atoms with E-state index in [4.69, 9.17) is 11.2 Å². The summed E-state index contributed by atoms with van der Waals surface area (Å²) in [6, 6.07) is 0. The number of rotatable bonds is 0. The molecule has 4 fully saturated rings. The van der Waals surface area contributed by atoms with Crippen molar-refractivity contribution in [1.82, 2.24) is 0 Å². The third kappa shape index (κ3) is 1.91. The van der Waals surface area contributed by atoms with Crippen molar-refractivity contribution in [3.63, 3.8) is 0 Å². The highest BCUT2D eigenvalue weighted by Gasteiger charge is 2.70. The van der Waals surface area contributed by atoms with Crippen LogP contribution in [0.1, 0.15) is 46.0 Å². The highest BCUT2D eigenvalue weighted by atomic mass is 16.6. The third-order valence-corrected chi connectivity index (χ3v) is 8.30. The number of carbonyl (C=O) groups excluding carboxylic acids is 1. The van der Waals surface area contributed by atoms with E-state index >= 15 is 0 Å². The van der Waals surface area contributed by atoms with Gasteiger partial charge in [0.15, 0.2) is 5.78 Å². The van der Waals surface area contributed by atoms with Gasteiger partial charge in [-0.25, -0.2) is 0 Å². The van der Waals surface area contributed by atoms with Crippen molar-refractivity contribution in [2.24, 2.45) is 35.0 Å². The summed E-state index contributed by atoms with van der Waals surface area (Å²) in [4.78, 5) is 12.0. The van der Waals surface area contributed by atoms with Gasteiger partial charge in [-0.3, -0.25) is 4.79 Å². The van der Waals surface area contributed by atoms with Gasteiger partial charge in [0.1, 0.15) is 11.7 Å². The van der Waals surface area contributed by atoms with Crippen LogP contribution in [0.25, 0.3) is 0 Å². The van der Waals surface area contributed by atoms with Gasteiger partial charge in [-0.1, -0.05) is 12.8 Å². The van der Waals surface area contributed by atoms with Crippen molar-refractivity contribution in [2.75, 3.05) is 0 Å². The van der Waals surface area contributed by atoms with Crippen LogP contribution < -0.4 is 0 Å². The number of terminal acetylenes is 1. The summed E-state index contributed by atoms with van der Waals surface area (Å²) < 4.78 is 6.13. The lowest BCUT2D eigenvalue weighted by atomic mass is 9.47. The number of hydrogen-bond donors (Lipinski definition) is 1. The van der Waals surface area contributed by atoms with Crippen molar-refractivity contribution in [3.8, 4) is 24.2 Å². The molecule has 0 aromatic carbocycles. The van der Waals surface area contributed by atoms with Crippen LogP contribution in [-0.2, 0) is 9.53 Å². The minimum absolute atomic E-state index is 0.108. The van der Waals surface area contributed by atoms with E-state index in [1.807, 2.05) is 6.08 Å². The van der Waals surface area contributed by atoms with Gasteiger partial charge in [0, 0.05) is 17.8 Å². The predicted molar refractivity (Wildman–Crippen MR) is 97.6 cm³/mol. The number of carbonyl (C=O) groups is 1. The Morgan fingerprint density at radius 2 is 2.15 bits per heavy atom. The quantitative estimate of drug-likeness (QED) is 0.540. The minimum atomic E-state index is -0.949. The van der Waals surface area contributed by atoms with E-state index in [2.05, 4.69) is 24.7 Å². The Hall–Kier alpha value is -1.55. The molecule has 1 aliphatic heterocycles. The summed E-state index contributed by atoms with van der Waals surface area (Å²) in [5.74, 6) is 11.0. The fraction of sp³-hybridized carbons (Fsp3) is 0.696. The highest BCUT2D eigenvalue weighted by molar-refractivity contribution is 5.91. The number of fused-ring (bicyclic) bond motifs is 8. The zero-order chi connectivity index (χ0) is 18.3. The second-order valence-corrected chi connectivity index (χ2v) is 9.21. The molecular weight excluding hydrogens is 324 g/mol. The molecule has 5 rings (SSSR count). The topological polar surface area (TPSA) is 49.8 Å². The Morgan fingerprint density at radius 3 is 2.88 bits per heavy atom. The number of epoxide rings is 1. The summed E-state index contributed by atoms with van der Waals surface area (Å²) in [5.41, 5.74) is -0.0238.